The minimum absolute atomic E-state index is 0.218. The highest BCUT2D eigenvalue weighted by Gasteiger charge is 2.35. The van der Waals surface area contributed by atoms with Crippen LogP contribution in [0.4, 0.5) is 0 Å². The number of hydrogen-bond donors (Lipinski definition) is 0. The predicted octanol–water partition coefficient (Wildman–Crippen LogP) is 3.02. The number of esters is 3. The van der Waals surface area contributed by atoms with Crippen LogP contribution >= 0.6 is 11.8 Å². The lowest BCUT2D eigenvalue weighted by molar-refractivity contribution is -0.180. The molecule has 8 nitrogen and oxygen atoms in total. The van der Waals surface area contributed by atoms with Gasteiger partial charge in [-0.3, -0.25) is 4.79 Å². The van der Waals surface area contributed by atoms with Gasteiger partial charge in [-0.1, -0.05) is 20.1 Å². The van der Waals surface area contributed by atoms with E-state index in [9.17, 15) is 14.4 Å². The molecule has 0 radical (unpaired) electrons. The molecule has 0 heterocycles. The maximum absolute atomic E-state index is 12.1. The smallest absolute Gasteiger partial charge is 0.334 e. The molecule has 0 saturated heterocycles. The summed E-state index contributed by atoms with van der Waals surface area (Å²) in [5.41, 5.74) is -1.28. The Labute approximate surface area is 184 Å². The fourth-order valence-corrected chi connectivity index (χ4v) is 4.73. The van der Waals surface area contributed by atoms with Crippen LogP contribution in [0.5, 0.6) is 0 Å². The van der Waals surface area contributed by atoms with E-state index < -0.39 is 32.1 Å². The van der Waals surface area contributed by atoms with Crippen LogP contribution in [0.1, 0.15) is 26.2 Å². The van der Waals surface area contributed by atoms with Gasteiger partial charge in [0.25, 0.3) is 0 Å². The maximum Gasteiger partial charge on any atom is 0.334 e. The molecule has 0 aliphatic carbocycles. The zero-order valence-electron chi connectivity index (χ0n) is 18.4. The molecule has 0 aromatic rings. The molecule has 0 aliphatic rings. The maximum atomic E-state index is 12.1. The summed E-state index contributed by atoms with van der Waals surface area (Å²) in [7, 11) is 1.28. The summed E-state index contributed by atoms with van der Waals surface area (Å²) in [4.78, 5) is 35.1. The van der Waals surface area contributed by atoms with Crippen molar-refractivity contribution in [3.8, 4) is 0 Å². The lowest BCUT2D eigenvalue weighted by Crippen LogP contribution is -2.44. The van der Waals surface area contributed by atoms with E-state index in [1.54, 1.807) is 32.9 Å². The van der Waals surface area contributed by atoms with Crippen molar-refractivity contribution >= 4 is 38.2 Å². The Balaban J connectivity index is 4.46. The highest BCUT2D eigenvalue weighted by Crippen LogP contribution is 2.20. The second-order valence-electron chi connectivity index (χ2n) is 6.64. The standard InChI is InChI=1S/C20H34O8SSi/c1-7-17(21)26-15-20(9-3,28-18(22)8-2)16-27-19(23)11-13-29-12-10-14-30(6,24-4)25-5/h7-8H,1-2,9-16H2,3-6H3. The van der Waals surface area contributed by atoms with Gasteiger partial charge in [0.15, 0.2) is 5.60 Å². The molecule has 172 valence electrons. The fraction of sp³-hybridized carbons (Fsp3) is 0.650. The number of hydrogen-bond acceptors (Lipinski definition) is 9. The first kappa shape index (κ1) is 28.4. The zero-order chi connectivity index (χ0) is 23.0. The first-order valence-corrected chi connectivity index (χ1v) is 13.4. The van der Waals surface area contributed by atoms with E-state index in [2.05, 4.69) is 13.2 Å². The van der Waals surface area contributed by atoms with Crippen molar-refractivity contribution in [1.82, 2.24) is 0 Å². The van der Waals surface area contributed by atoms with Crippen molar-refractivity contribution in [2.75, 3.05) is 38.9 Å². The van der Waals surface area contributed by atoms with Crippen molar-refractivity contribution in [3.05, 3.63) is 25.3 Å². The first-order valence-electron chi connectivity index (χ1n) is 9.68. The molecule has 0 saturated carbocycles. The van der Waals surface area contributed by atoms with E-state index in [0.29, 0.717) is 5.75 Å². The van der Waals surface area contributed by atoms with Crippen LogP contribution in [0.25, 0.3) is 0 Å². The van der Waals surface area contributed by atoms with Crippen molar-refractivity contribution < 1.29 is 37.4 Å². The quantitative estimate of drug-likeness (QED) is 0.106. The van der Waals surface area contributed by atoms with Gasteiger partial charge in [0, 0.05) is 32.1 Å². The van der Waals surface area contributed by atoms with Crippen LogP contribution in [0.15, 0.2) is 25.3 Å². The van der Waals surface area contributed by atoms with Gasteiger partial charge in [-0.15, -0.1) is 0 Å². The van der Waals surface area contributed by atoms with Crippen molar-refractivity contribution in [2.24, 2.45) is 0 Å². The summed E-state index contributed by atoms with van der Waals surface area (Å²) >= 11 is 1.64. The molecule has 10 heteroatoms. The highest BCUT2D eigenvalue weighted by atomic mass is 32.2. The highest BCUT2D eigenvalue weighted by molar-refractivity contribution is 7.99. The van der Waals surface area contributed by atoms with E-state index in [0.717, 1.165) is 30.4 Å². The molecular formula is C20H34O8SSi. The molecule has 0 fully saturated rings. The van der Waals surface area contributed by atoms with Gasteiger partial charge < -0.3 is 23.1 Å². The second kappa shape index (κ2) is 15.2. The van der Waals surface area contributed by atoms with Gasteiger partial charge in [0.2, 0.25) is 0 Å². The molecule has 1 atom stereocenters. The van der Waals surface area contributed by atoms with Crippen molar-refractivity contribution in [3.63, 3.8) is 0 Å². The average molecular weight is 463 g/mol. The van der Waals surface area contributed by atoms with Crippen LogP contribution < -0.4 is 0 Å². The minimum atomic E-state index is -2.05. The lowest BCUT2D eigenvalue weighted by Gasteiger charge is -2.30. The summed E-state index contributed by atoms with van der Waals surface area (Å²) in [6.45, 7) is 9.95. The lowest BCUT2D eigenvalue weighted by atomic mass is 10.0. The van der Waals surface area contributed by atoms with E-state index in [-0.39, 0.29) is 26.1 Å². The topological polar surface area (TPSA) is 97.4 Å². The van der Waals surface area contributed by atoms with Crippen LogP contribution in [-0.4, -0.2) is 71.0 Å². The fourth-order valence-electron chi connectivity index (χ4n) is 2.22. The van der Waals surface area contributed by atoms with E-state index in [1.807, 2.05) is 6.55 Å². The monoisotopic (exact) mass is 462 g/mol. The summed E-state index contributed by atoms with van der Waals surface area (Å²) < 4.78 is 26.5. The largest absolute Gasteiger partial charge is 0.461 e. The number of ether oxygens (including phenoxy) is 3. The Kier molecular flexibility index (Phi) is 14.4. The van der Waals surface area contributed by atoms with Gasteiger partial charge >= 0.3 is 26.5 Å². The average Bonchev–Trinajstić information content (AvgIpc) is 2.77. The molecule has 0 bridgehead atoms. The summed E-state index contributed by atoms with van der Waals surface area (Å²) in [5.74, 6) is -0.283. The summed E-state index contributed by atoms with van der Waals surface area (Å²) in [5, 5.41) is 0. The number of carbonyl (C=O) groups excluding carboxylic acids is 3. The van der Waals surface area contributed by atoms with Crippen LogP contribution in [0, 0.1) is 0 Å². The van der Waals surface area contributed by atoms with Gasteiger partial charge in [-0.25, -0.2) is 9.59 Å². The molecular weight excluding hydrogens is 428 g/mol. The van der Waals surface area contributed by atoms with E-state index in [4.69, 9.17) is 23.1 Å². The third-order valence-electron chi connectivity index (χ3n) is 4.50. The van der Waals surface area contributed by atoms with Crippen molar-refractivity contribution in [1.29, 1.82) is 0 Å². The number of carbonyl (C=O) groups is 3. The van der Waals surface area contributed by atoms with E-state index >= 15 is 0 Å². The summed E-state index contributed by atoms with van der Waals surface area (Å²) in [6.07, 6.45) is 3.44. The first-order chi connectivity index (χ1) is 14.2. The normalized spacial score (nSPS) is 13.1. The Morgan fingerprint density at radius 1 is 1.00 bits per heavy atom. The Bertz CT molecular complexity index is 579. The molecule has 0 aliphatic heterocycles. The summed E-state index contributed by atoms with van der Waals surface area (Å²) in [6, 6.07) is 0.883. The molecule has 1 unspecified atom stereocenters. The Hall–Kier alpha value is -1.62. The van der Waals surface area contributed by atoms with Crippen LogP contribution in [0.3, 0.4) is 0 Å². The molecule has 0 aromatic carbocycles. The third-order valence-corrected chi connectivity index (χ3v) is 8.56. The van der Waals surface area contributed by atoms with Crippen molar-refractivity contribution in [2.45, 2.75) is 44.4 Å². The van der Waals surface area contributed by atoms with Crippen LogP contribution in [-0.2, 0) is 37.4 Å². The Morgan fingerprint density at radius 3 is 2.13 bits per heavy atom. The molecule has 0 N–H and O–H groups in total. The van der Waals surface area contributed by atoms with Gasteiger partial charge in [-0.05, 0) is 31.2 Å². The molecule has 0 amide bonds. The van der Waals surface area contributed by atoms with Crippen LogP contribution in [0.2, 0.25) is 12.6 Å². The Morgan fingerprint density at radius 2 is 1.60 bits per heavy atom. The molecule has 0 aromatic heterocycles. The van der Waals surface area contributed by atoms with Gasteiger partial charge in [0.1, 0.15) is 13.2 Å². The predicted molar refractivity (Wildman–Crippen MR) is 118 cm³/mol. The molecule has 30 heavy (non-hydrogen) atoms. The second-order valence-corrected chi connectivity index (χ2v) is 11.5. The molecule has 0 rings (SSSR count). The van der Waals surface area contributed by atoms with Gasteiger partial charge in [-0.2, -0.15) is 11.8 Å². The zero-order valence-corrected chi connectivity index (χ0v) is 20.2. The molecule has 0 spiro atoms. The van der Waals surface area contributed by atoms with E-state index in [1.165, 1.54) is 0 Å². The third kappa shape index (κ3) is 11.5. The minimum Gasteiger partial charge on any atom is -0.461 e. The SMILES string of the molecule is C=CC(=O)OCC(CC)(COC(=O)CCSCCC[Si](C)(OC)OC)OC(=O)C=C. The number of rotatable bonds is 17. The number of thioether (sulfide) groups is 1. The van der Waals surface area contributed by atoms with Gasteiger partial charge in [0.05, 0.1) is 6.42 Å².